The number of benzene rings is 2. The second-order valence-corrected chi connectivity index (χ2v) is 8.50. The molecule has 3 aromatic rings. The molecule has 0 unspecified atom stereocenters. The Bertz CT molecular complexity index is 991. The van der Waals surface area contributed by atoms with Crippen LogP contribution in [0.2, 0.25) is 5.02 Å². The first-order chi connectivity index (χ1) is 14.4. The summed E-state index contributed by atoms with van der Waals surface area (Å²) in [5.41, 5.74) is 2.07. The monoisotopic (exact) mass is 441 g/mol. The number of anilines is 1. The van der Waals surface area contributed by atoms with E-state index in [2.05, 4.69) is 27.7 Å². The minimum absolute atomic E-state index is 0.154. The van der Waals surface area contributed by atoms with Crippen LogP contribution in [0.1, 0.15) is 25.6 Å². The number of hydrogen-bond acceptors (Lipinski definition) is 4. The Morgan fingerprint density at radius 2 is 1.80 bits per heavy atom. The molecule has 1 aromatic heterocycles. The minimum atomic E-state index is -0.250. The molecular formula is C23H24ClN3O2S. The van der Waals surface area contributed by atoms with Crippen LogP contribution in [0, 0.1) is 0 Å². The first kappa shape index (κ1) is 22.0. The fourth-order valence-electron chi connectivity index (χ4n) is 2.99. The molecule has 5 nitrogen and oxygen atoms in total. The number of rotatable bonds is 8. The van der Waals surface area contributed by atoms with Crippen LogP contribution >= 0.6 is 22.9 Å². The van der Waals surface area contributed by atoms with E-state index in [0.717, 1.165) is 6.42 Å². The molecule has 1 atom stereocenters. The van der Waals surface area contributed by atoms with E-state index in [1.165, 1.54) is 16.9 Å². The van der Waals surface area contributed by atoms with Gasteiger partial charge in [-0.2, -0.15) is 0 Å². The summed E-state index contributed by atoms with van der Waals surface area (Å²) in [6.07, 6.45) is 0.830. The van der Waals surface area contributed by atoms with Gasteiger partial charge in [0, 0.05) is 18.2 Å². The van der Waals surface area contributed by atoms with Crippen molar-refractivity contribution < 1.29 is 9.59 Å². The van der Waals surface area contributed by atoms with E-state index in [9.17, 15) is 9.59 Å². The van der Waals surface area contributed by atoms with Gasteiger partial charge in [-0.1, -0.05) is 48.0 Å². The lowest BCUT2D eigenvalue weighted by Crippen LogP contribution is -2.41. The van der Waals surface area contributed by atoms with Gasteiger partial charge >= 0.3 is 0 Å². The highest BCUT2D eigenvalue weighted by Gasteiger charge is 2.16. The standard InChI is InChI=1S/C23H24ClN3O2S/c1-27(2)18(13-16-7-4-3-5-8-16)15-25-22(28)17-10-11-19(24)20(14-17)26-23(29)21-9-6-12-30-21/h3-12,14,18H,13,15H2,1-2H3,(H,25,28)(H,26,29)/t18-/m1/s1. The number of amides is 2. The summed E-state index contributed by atoms with van der Waals surface area (Å²) >= 11 is 7.56. The van der Waals surface area contributed by atoms with Gasteiger partial charge in [0.25, 0.3) is 11.8 Å². The van der Waals surface area contributed by atoms with Gasteiger partial charge in [0.15, 0.2) is 0 Å². The largest absolute Gasteiger partial charge is 0.350 e. The molecular weight excluding hydrogens is 418 g/mol. The molecule has 0 fully saturated rings. The molecule has 156 valence electrons. The average Bonchev–Trinajstić information content (AvgIpc) is 3.28. The van der Waals surface area contributed by atoms with E-state index >= 15 is 0 Å². The van der Waals surface area contributed by atoms with Gasteiger partial charge in [-0.15, -0.1) is 11.3 Å². The predicted octanol–water partition coefficient (Wildman–Crippen LogP) is 4.56. The van der Waals surface area contributed by atoms with Crippen LogP contribution in [0.15, 0.2) is 66.0 Å². The first-order valence-electron chi connectivity index (χ1n) is 9.57. The number of nitrogens with one attached hydrogen (secondary N) is 2. The molecule has 0 aliphatic carbocycles. The topological polar surface area (TPSA) is 61.4 Å². The van der Waals surface area contributed by atoms with Crippen molar-refractivity contribution in [1.82, 2.24) is 10.2 Å². The van der Waals surface area contributed by atoms with Crippen LogP contribution in [0.3, 0.4) is 0 Å². The number of carbonyl (C=O) groups excluding carboxylic acids is 2. The number of thiophene rings is 1. The van der Waals surface area contributed by atoms with Gasteiger partial charge < -0.3 is 15.5 Å². The highest BCUT2D eigenvalue weighted by Crippen LogP contribution is 2.24. The Kier molecular flexibility index (Phi) is 7.63. The molecule has 2 N–H and O–H groups in total. The fraction of sp³-hybridized carbons (Fsp3) is 0.217. The van der Waals surface area contributed by atoms with Crippen molar-refractivity contribution in [3.05, 3.63) is 87.1 Å². The van der Waals surface area contributed by atoms with Gasteiger partial charge in [0.05, 0.1) is 15.6 Å². The van der Waals surface area contributed by atoms with E-state index in [1.807, 2.05) is 43.7 Å². The summed E-state index contributed by atoms with van der Waals surface area (Å²) in [5, 5.41) is 7.98. The summed E-state index contributed by atoms with van der Waals surface area (Å²) < 4.78 is 0. The number of carbonyl (C=O) groups is 2. The zero-order valence-electron chi connectivity index (χ0n) is 16.9. The molecule has 1 heterocycles. The Morgan fingerprint density at radius 3 is 2.47 bits per heavy atom. The molecule has 0 radical (unpaired) electrons. The number of halogens is 1. The molecule has 0 spiro atoms. The SMILES string of the molecule is CN(C)[C@@H](CNC(=O)c1ccc(Cl)c(NC(=O)c2cccs2)c1)Cc1ccccc1. The molecule has 7 heteroatoms. The fourth-order valence-corrected chi connectivity index (χ4v) is 3.77. The zero-order valence-corrected chi connectivity index (χ0v) is 18.5. The molecule has 2 aromatic carbocycles. The Morgan fingerprint density at radius 1 is 1.03 bits per heavy atom. The summed E-state index contributed by atoms with van der Waals surface area (Å²) in [6, 6.07) is 18.8. The van der Waals surface area contributed by atoms with Crippen LogP contribution in [-0.2, 0) is 6.42 Å². The molecule has 2 amide bonds. The quantitative estimate of drug-likeness (QED) is 0.538. The Hall–Kier alpha value is -2.67. The van der Waals surface area contributed by atoms with Gasteiger partial charge in [-0.05, 0) is 55.7 Å². The maximum atomic E-state index is 12.7. The third kappa shape index (κ3) is 5.92. The maximum absolute atomic E-state index is 12.7. The number of hydrogen-bond donors (Lipinski definition) is 2. The lowest BCUT2D eigenvalue weighted by molar-refractivity contribution is 0.0940. The minimum Gasteiger partial charge on any atom is -0.350 e. The Balaban J connectivity index is 1.65. The molecule has 30 heavy (non-hydrogen) atoms. The first-order valence-corrected chi connectivity index (χ1v) is 10.8. The second-order valence-electron chi connectivity index (χ2n) is 7.14. The highest BCUT2D eigenvalue weighted by atomic mass is 35.5. The van der Waals surface area contributed by atoms with E-state index < -0.39 is 0 Å². The lowest BCUT2D eigenvalue weighted by Gasteiger charge is -2.25. The van der Waals surface area contributed by atoms with Crippen molar-refractivity contribution in [2.75, 3.05) is 26.0 Å². The van der Waals surface area contributed by atoms with Crippen LogP contribution < -0.4 is 10.6 Å². The van der Waals surface area contributed by atoms with Gasteiger partial charge in [0.2, 0.25) is 0 Å². The summed E-state index contributed by atoms with van der Waals surface area (Å²) in [7, 11) is 4.00. The molecule has 0 aliphatic rings. The zero-order chi connectivity index (χ0) is 21.5. The molecule has 3 rings (SSSR count). The third-order valence-corrected chi connectivity index (χ3v) is 5.96. The van der Waals surface area contributed by atoms with Crippen molar-refractivity contribution in [1.29, 1.82) is 0 Å². The summed E-state index contributed by atoms with van der Waals surface area (Å²) in [6.45, 7) is 0.500. The van der Waals surface area contributed by atoms with E-state index in [4.69, 9.17) is 11.6 Å². The van der Waals surface area contributed by atoms with Crippen LogP contribution in [0.25, 0.3) is 0 Å². The van der Waals surface area contributed by atoms with E-state index in [1.54, 1.807) is 24.3 Å². The average molecular weight is 442 g/mol. The third-order valence-electron chi connectivity index (χ3n) is 4.76. The van der Waals surface area contributed by atoms with Gasteiger partial charge in [-0.3, -0.25) is 9.59 Å². The molecule has 0 bridgehead atoms. The molecule has 0 saturated heterocycles. The van der Waals surface area contributed by atoms with Gasteiger partial charge in [0.1, 0.15) is 0 Å². The van der Waals surface area contributed by atoms with Crippen molar-refractivity contribution in [3.63, 3.8) is 0 Å². The smallest absolute Gasteiger partial charge is 0.265 e. The summed E-state index contributed by atoms with van der Waals surface area (Å²) in [4.78, 5) is 27.7. The predicted molar refractivity (Wildman–Crippen MR) is 124 cm³/mol. The lowest BCUT2D eigenvalue weighted by atomic mass is 10.0. The Labute approximate surface area is 185 Å². The van der Waals surface area contributed by atoms with Gasteiger partial charge in [-0.25, -0.2) is 0 Å². The van der Waals surface area contributed by atoms with E-state index in [0.29, 0.717) is 27.7 Å². The van der Waals surface area contributed by atoms with Crippen molar-refractivity contribution >= 4 is 40.4 Å². The van der Waals surface area contributed by atoms with Crippen LogP contribution in [-0.4, -0.2) is 43.4 Å². The number of likely N-dealkylation sites (N-methyl/N-ethyl adjacent to an activating group) is 1. The maximum Gasteiger partial charge on any atom is 0.265 e. The van der Waals surface area contributed by atoms with Crippen LogP contribution in [0.4, 0.5) is 5.69 Å². The van der Waals surface area contributed by atoms with Crippen molar-refractivity contribution in [3.8, 4) is 0 Å². The van der Waals surface area contributed by atoms with Crippen molar-refractivity contribution in [2.45, 2.75) is 12.5 Å². The number of nitrogens with zero attached hydrogens (tertiary/aromatic N) is 1. The normalized spacial score (nSPS) is 11.9. The molecule has 0 aliphatic heterocycles. The van der Waals surface area contributed by atoms with E-state index in [-0.39, 0.29) is 17.9 Å². The summed E-state index contributed by atoms with van der Waals surface area (Å²) in [5.74, 6) is -0.460. The highest BCUT2D eigenvalue weighted by molar-refractivity contribution is 7.12. The van der Waals surface area contributed by atoms with Crippen molar-refractivity contribution in [2.24, 2.45) is 0 Å². The van der Waals surface area contributed by atoms with Crippen LogP contribution in [0.5, 0.6) is 0 Å². The second kappa shape index (κ2) is 10.4. The molecule has 0 saturated carbocycles.